The highest BCUT2D eigenvalue weighted by Crippen LogP contribution is 2.21. The van der Waals surface area contributed by atoms with Gasteiger partial charge >= 0.3 is 0 Å². The van der Waals surface area contributed by atoms with E-state index in [0.717, 1.165) is 44.0 Å². The van der Waals surface area contributed by atoms with Crippen molar-refractivity contribution in [1.29, 1.82) is 0 Å². The van der Waals surface area contributed by atoms with Crippen LogP contribution in [-0.4, -0.2) is 43.6 Å². The third-order valence-corrected chi connectivity index (χ3v) is 2.98. The van der Waals surface area contributed by atoms with E-state index in [1.807, 2.05) is 0 Å². The number of hydroxylamine groups is 3. The largest absolute Gasteiger partial charge is 0.369 e. The molecule has 78 valence electrons. The molecule has 1 heterocycles. The molecule has 0 N–H and O–H groups in total. The molecular formula is C10H22NO2+. The van der Waals surface area contributed by atoms with Gasteiger partial charge in [-0.25, -0.2) is 4.84 Å². The van der Waals surface area contributed by atoms with E-state index in [1.54, 1.807) is 0 Å². The number of likely N-dealkylation sites (N-methyl/N-ethyl adjacent to an activating group) is 1. The second kappa shape index (κ2) is 4.94. The second-order valence-electron chi connectivity index (χ2n) is 3.55. The Morgan fingerprint density at radius 3 is 2.69 bits per heavy atom. The maximum absolute atomic E-state index is 5.88. The highest BCUT2D eigenvalue weighted by atomic mass is 16.7. The Kier molecular flexibility index (Phi) is 4.16. The van der Waals surface area contributed by atoms with Crippen LogP contribution in [0.5, 0.6) is 0 Å². The smallest absolute Gasteiger partial charge is 0.142 e. The fourth-order valence-electron chi connectivity index (χ4n) is 2.14. The fraction of sp³-hybridized carbons (Fsp3) is 1.00. The molecule has 1 fully saturated rings. The minimum Gasteiger partial charge on any atom is -0.369 e. The van der Waals surface area contributed by atoms with Crippen molar-refractivity contribution in [2.24, 2.45) is 0 Å². The van der Waals surface area contributed by atoms with Gasteiger partial charge in [0.25, 0.3) is 0 Å². The van der Waals surface area contributed by atoms with Crippen LogP contribution in [0.3, 0.4) is 0 Å². The minimum absolute atomic E-state index is 0.527. The van der Waals surface area contributed by atoms with E-state index >= 15 is 0 Å². The summed E-state index contributed by atoms with van der Waals surface area (Å²) in [4.78, 5) is 5.88. The van der Waals surface area contributed by atoms with Crippen molar-refractivity contribution in [1.82, 2.24) is 0 Å². The summed E-state index contributed by atoms with van der Waals surface area (Å²) < 4.78 is 6.28. The molecule has 2 atom stereocenters. The molecule has 0 bridgehead atoms. The average molecular weight is 188 g/mol. The molecule has 3 heteroatoms. The molecule has 13 heavy (non-hydrogen) atoms. The summed E-state index contributed by atoms with van der Waals surface area (Å²) in [5, 5.41) is 0. The van der Waals surface area contributed by atoms with Crippen molar-refractivity contribution in [3.05, 3.63) is 0 Å². The van der Waals surface area contributed by atoms with Gasteiger partial charge in [0, 0.05) is 6.42 Å². The summed E-state index contributed by atoms with van der Waals surface area (Å²) in [5.74, 6) is 0. The van der Waals surface area contributed by atoms with Crippen LogP contribution in [0.25, 0.3) is 0 Å². The monoisotopic (exact) mass is 188 g/mol. The van der Waals surface area contributed by atoms with Gasteiger partial charge in [-0.2, -0.15) is 4.65 Å². The Morgan fingerprint density at radius 1 is 1.38 bits per heavy atom. The predicted octanol–water partition coefficient (Wildman–Crippen LogP) is 1.58. The van der Waals surface area contributed by atoms with Gasteiger partial charge in [0.1, 0.15) is 32.3 Å². The first-order chi connectivity index (χ1) is 6.29. The molecule has 0 aromatic heterocycles. The zero-order valence-electron chi connectivity index (χ0n) is 9.08. The highest BCUT2D eigenvalue weighted by molar-refractivity contribution is 4.58. The molecule has 0 saturated carbocycles. The van der Waals surface area contributed by atoms with E-state index in [-0.39, 0.29) is 0 Å². The lowest BCUT2D eigenvalue weighted by Crippen LogP contribution is -2.61. The van der Waals surface area contributed by atoms with Crippen molar-refractivity contribution in [3.63, 3.8) is 0 Å². The number of hydrogen-bond donors (Lipinski definition) is 0. The van der Waals surface area contributed by atoms with Crippen LogP contribution in [0.15, 0.2) is 0 Å². The van der Waals surface area contributed by atoms with E-state index in [4.69, 9.17) is 9.57 Å². The Labute approximate surface area is 81.2 Å². The van der Waals surface area contributed by atoms with Gasteiger partial charge in [0.15, 0.2) is 0 Å². The molecule has 2 unspecified atom stereocenters. The van der Waals surface area contributed by atoms with Crippen molar-refractivity contribution < 1.29 is 14.2 Å². The van der Waals surface area contributed by atoms with E-state index in [2.05, 4.69) is 20.8 Å². The van der Waals surface area contributed by atoms with Gasteiger partial charge in [0.2, 0.25) is 0 Å². The van der Waals surface area contributed by atoms with E-state index in [9.17, 15) is 0 Å². The summed E-state index contributed by atoms with van der Waals surface area (Å²) >= 11 is 0. The molecule has 0 aromatic carbocycles. The number of nitrogens with zero attached hydrogens (tertiary/aromatic N) is 1. The normalized spacial score (nSPS) is 34.8. The topological polar surface area (TPSA) is 18.5 Å². The number of ether oxygens (including phenoxy) is 1. The molecule has 0 amide bonds. The van der Waals surface area contributed by atoms with Crippen molar-refractivity contribution >= 4 is 0 Å². The number of morpholine rings is 1. The molecular weight excluding hydrogens is 166 g/mol. The third kappa shape index (κ3) is 2.22. The molecule has 3 nitrogen and oxygen atoms in total. The molecule has 1 rings (SSSR count). The van der Waals surface area contributed by atoms with E-state index in [1.165, 1.54) is 0 Å². The van der Waals surface area contributed by atoms with Crippen molar-refractivity contribution in [2.75, 3.05) is 32.9 Å². The molecule has 1 saturated heterocycles. The summed E-state index contributed by atoms with van der Waals surface area (Å²) in [6, 6.07) is 0.527. The van der Waals surface area contributed by atoms with Gasteiger partial charge < -0.3 is 4.74 Å². The van der Waals surface area contributed by atoms with Crippen LogP contribution >= 0.6 is 0 Å². The fourth-order valence-corrected chi connectivity index (χ4v) is 2.14. The lowest BCUT2D eigenvalue weighted by molar-refractivity contribution is -1.13. The first-order valence-electron chi connectivity index (χ1n) is 5.38. The van der Waals surface area contributed by atoms with Crippen LogP contribution in [0.1, 0.15) is 27.2 Å². The zero-order valence-corrected chi connectivity index (χ0v) is 9.08. The average Bonchev–Trinajstić information content (AvgIpc) is 2.19. The zero-order chi connectivity index (χ0) is 9.73. The Bertz CT molecular complexity index is 148. The SMILES string of the molecule is CCO[N+]1(CC)CCOCC1CC. The van der Waals surface area contributed by atoms with Gasteiger partial charge in [-0.05, 0) is 13.8 Å². The minimum atomic E-state index is 0.527. The Balaban J connectivity index is 2.66. The Morgan fingerprint density at radius 2 is 2.15 bits per heavy atom. The summed E-state index contributed by atoms with van der Waals surface area (Å²) in [6.45, 7) is 11.0. The quantitative estimate of drug-likeness (QED) is 0.624. The lowest BCUT2D eigenvalue weighted by Gasteiger charge is -2.43. The van der Waals surface area contributed by atoms with Gasteiger partial charge in [0.05, 0.1) is 6.61 Å². The summed E-state index contributed by atoms with van der Waals surface area (Å²) in [5.41, 5.74) is 0. The third-order valence-electron chi connectivity index (χ3n) is 2.98. The van der Waals surface area contributed by atoms with Crippen LogP contribution in [0.4, 0.5) is 0 Å². The predicted molar refractivity (Wildman–Crippen MR) is 52.2 cm³/mol. The first-order valence-corrected chi connectivity index (χ1v) is 5.38. The standard InChI is InChI=1S/C10H22NO2/c1-4-10-9-12-8-7-11(10,5-2)13-6-3/h10H,4-9H2,1-3H3/q+1. The summed E-state index contributed by atoms with van der Waals surface area (Å²) in [7, 11) is 0. The van der Waals surface area contributed by atoms with Gasteiger partial charge in [-0.15, -0.1) is 0 Å². The Hall–Kier alpha value is -0.120. The molecule has 1 aliphatic heterocycles. The maximum Gasteiger partial charge on any atom is 0.142 e. The van der Waals surface area contributed by atoms with Crippen LogP contribution in [0, 0.1) is 0 Å². The highest BCUT2D eigenvalue weighted by Gasteiger charge is 2.39. The maximum atomic E-state index is 5.88. The molecule has 0 aliphatic carbocycles. The van der Waals surface area contributed by atoms with Gasteiger partial charge in [-0.3, -0.25) is 0 Å². The molecule has 0 radical (unpaired) electrons. The molecule has 1 aliphatic rings. The number of quaternary nitrogens is 1. The summed E-state index contributed by atoms with van der Waals surface area (Å²) in [6.07, 6.45) is 1.13. The van der Waals surface area contributed by atoms with E-state index < -0.39 is 0 Å². The number of hydrogen-bond acceptors (Lipinski definition) is 2. The lowest BCUT2D eigenvalue weighted by atomic mass is 10.1. The van der Waals surface area contributed by atoms with Crippen molar-refractivity contribution in [2.45, 2.75) is 33.2 Å². The van der Waals surface area contributed by atoms with E-state index in [0.29, 0.717) is 6.04 Å². The van der Waals surface area contributed by atoms with Crippen molar-refractivity contribution in [3.8, 4) is 0 Å². The second-order valence-corrected chi connectivity index (χ2v) is 3.55. The van der Waals surface area contributed by atoms with Crippen LogP contribution in [0.2, 0.25) is 0 Å². The number of rotatable bonds is 4. The van der Waals surface area contributed by atoms with Gasteiger partial charge in [-0.1, -0.05) is 6.92 Å². The van der Waals surface area contributed by atoms with Crippen LogP contribution in [-0.2, 0) is 9.57 Å². The first kappa shape index (κ1) is 11.0. The molecule has 0 spiro atoms. The molecule has 0 aromatic rings. The van der Waals surface area contributed by atoms with Crippen LogP contribution < -0.4 is 0 Å².